The Bertz CT molecular complexity index is 341. The highest BCUT2D eigenvalue weighted by Gasteiger charge is 2.34. The normalized spacial score (nSPS) is 31.2. The van der Waals surface area contributed by atoms with Crippen LogP contribution in [0.25, 0.3) is 0 Å². The van der Waals surface area contributed by atoms with Gasteiger partial charge < -0.3 is 9.47 Å². The van der Waals surface area contributed by atoms with Crippen LogP contribution < -0.4 is 5.32 Å². The quantitative estimate of drug-likeness (QED) is 0.734. The molecule has 0 saturated heterocycles. The van der Waals surface area contributed by atoms with E-state index in [1.165, 1.54) is 20.0 Å². The van der Waals surface area contributed by atoms with Crippen LogP contribution >= 0.6 is 0 Å². The molecule has 0 radical (unpaired) electrons. The van der Waals surface area contributed by atoms with Gasteiger partial charge in [0.05, 0.1) is 19.8 Å². The Morgan fingerprint density at radius 1 is 1.24 bits per heavy atom. The maximum Gasteiger partial charge on any atom is 0.325 e. The van der Waals surface area contributed by atoms with Crippen LogP contribution in [0.5, 0.6) is 0 Å². The molecule has 21 heavy (non-hydrogen) atoms. The number of rotatable bonds is 7. The molecule has 0 bridgehead atoms. The van der Waals surface area contributed by atoms with Gasteiger partial charge in [-0.25, -0.2) is 0 Å². The largest absolute Gasteiger partial charge is 0.468 e. The Kier molecular flexibility index (Phi) is 6.06. The van der Waals surface area contributed by atoms with Gasteiger partial charge in [-0.1, -0.05) is 27.2 Å². The van der Waals surface area contributed by atoms with Crippen molar-refractivity contribution in [3.63, 3.8) is 0 Å². The first-order chi connectivity index (χ1) is 10.0. The average Bonchev–Trinajstić information content (AvgIpc) is 3.26. The fourth-order valence-electron chi connectivity index (χ4n) is 3.39. The molecule has 0 heterocycles. The van der Waals surface area contributed by atoms with Gasteiger partial charge in [0.25, 0.3) is 0 Å². The number of carbonyl (C=O) groups is 1. The zero-order valence-corrected chi connectivity index (χ0v) is 13.9. The van der Waals surface area contributed by atoms with E-state index in [4.69, 9.17) is 9.47 Å². The zero-order valence-electron chi connectivity index (χ0n) is 13.9. The second kappa shape index (κ2) is 7.59. The highest BCUT2D eigenvalue weighted by atomic mass is 16.5. The van der Waals surface area contributed by atoms with E-state index in [1.807, 2.05) is 0 Å². The lowest BCUT2D eigenvalue weighted by molar-refractivity contribution is -0.146. The van der Waals surface area contributed by atoms with E-state index in [9.17, 15) is 4.79 Å². The molecule has 122 valence electrons. The Hall–Kier alpha value is -0.610. The summed E-state index contributed by atoms with van der Waals surface area (Å²) in [4.78, 5) is 11.9. The molecule has 2 saturated carbocycles. The summed E-state index contributed by atoms with van der Waals surface area (Å²) in [5.41, 5.74) is 0. The summed E-state index contributed by atoms with van der Waals surface area (Å²) in [7, 11) is 1.45. The lowest BCUT2D eigenvalue weighted by Gasteiger charge is -2.37. The fourth-order valence-corrected chi connectivity index (χ4v) is 3.39. The van der Waals surface area contributed by atoms with Crippen molar-refractivity contribution in [2.75, 3.05) is 13.7 Å². The van der Waals surface area contributed by atoms with Crippen molar-refractivity contribution in [3.8, 4) is 0 Å². The van der Waals surface area contributed by atoms with Gasteiger partial charge in [-0.05, 0) is 43.4 Å². The highest BCUT2D eigenvalue weighted by Crippen LogP contribution is 2.35. The number of hydrogen-bond donors (Lipinski definition) is 1. The molecule has 0 aromatic rings. The van der Waals surface area contributed by atoms with Crippen LogP contribution in [0.2, 0.25) is 0 Å². The first kappa shape index (κ1) is 16.8. The van der Waals surface area contributed by atoms with Gasteiger partial charge in [-0.15, -0.1) is 0 Å². The molecule has 4 atom stereocenters. The smallest absolute Gasteiger partial charge is 0.325 e. The third-order valence-electron chi connectivity index (χ3n) is 4.94. The molecule has 2 fully saturated rings. The molecule has 4 unspecified atom stereocenters. The molecule has 4 heteroatoms. The Morgan fingerprint density at radius 3 is 2.52 bits per heavy atom. The molecule has 0 aliphatic heterocycles. The number of nitrogens with one attached hydrogen (secondary N) is 1. The number of methoxy groups -OCH3 is 1. The van der Waals surface area contributed by atoms with E-state index in [0.29, 0.717) is 24.5 Å². The van der Waals surface area contributed by atoms with Crippen LogP contribution in [-0.4, -0.2) is 37.9 Å². The lowest BCUT2D eigenvalue weighted by Crippen LogP contribution is -2.45. The monoisotopic (exact) mass is 297 g/mol. The van der Waals surface area contributed by atoms with Gasteiger partial charge in [-0.2, -0.15) is 0 Å². The van der Waals surface area contributed by atoms with Gasteiger partial charge in [0, 0.05) is 6.04 Å². The maximum atomic E-state index is 11.9. The molecule has 2 aliphatic rings. The van der Waals surface area contributed by atoms with Crippen LogP contribution in [0.4, 0.5) is 0 Å². The van der Waals surface area contributed by atoms with Gasteiger partial charge >= 0.3 is 5.97 Å². The molecular weight excluding hydrogens is 266 g/mol. The summed E-state index contributed by atoms with van der Waals surface area (Å²) in [6.07, 6.45) is 6.24. The first-order valence-corrected chi connectivity index (χ1v) is 8.46. The molecule has 2 rings (SSSR count). The van der Waals surface area contributed by atoms with Crippen LogP contribution in [0.3, 0.4) is 0 Å². The molecule has 0 spiro atoms. The number of carbonyl (C=O) groups excluding carboxylic acids is 1. The van der Waals surface area contributed by atoms with Crippen molar-refractivity contribution >= 4 is 5.97 Å². The minimum atomic E-state index is -0.312. The van der Waals surface area contributed by atoms with Gasteiger partial charge in [0.15, 0.2) is 0 Å². The zero-order chi connectivity index (χ0) is 15.4. The Labute approximate surface area is 129 Å². The van der Waals surface area contributed by atoms with Crippen molar-refractivity contribution in [1.29, 1.82) is 0 Å². The SMILES string of the molecule is COC(=O)C(COC1CC(C)CCC1C(C)C)NC1CC1. The Balaban J connectivity index is 1.88. The van der Waals surface area contributed by atoms with Crippen molar-refractivity contribution in [3.05, 3.63) is 0 Å². The van der Waals surface area contributed by atoms with Gasteiger partial charge in [-0.3, -0.25) is 10.1 Å². The van der Waals surface area contributed by atoms with Crippen LogP contribution in [-0.2, 0) is 14.3 Å². The number of esters is 1. The topological polar surface area (TPSA) is 47.6 Å². The average molecular weight is 297 g/mol. The van der Waals surface area contributed by atoms with E-state index >= 15 is 0 Å². The number of ether oxygens (including phenoxy) is 2. The Morgan fingerprint density at radius 2 is 1.95 bits per heavy atom. The van der Waals surface area contributed by atoms with Gasteiger partial charge in [0.1, 0.15) is 6.04 Å². The lowest BCUT2D eigenvalue weighted by atomic mass is 9.75. The van der Waals surface area contributed by atoms with Crippen LogP contribution in [0.1, 0.15) is 52.9 Å². The third kappa shape index (κ3) is 4.96. The first-order valence-electron chi connectivity index (χ1n) is 8.46. The minimum Gasteiger partial charge on any atom is -0.468 e. The second-order valence-electron chi connectivity index (χ2n) is 7.21. The van der Waals surface area contributed by atoms with Crippen molar-refractivity contribution in [2.45, 2.75) is 71.1 Å². The highest BCUT2D eigenvalue weighted by molar-refractivity contribution is 5.75. The minimum absolute atomic E-state index is 0.202. The van der Waals surface area contributed by atoms with E-state index in [2.05, 4.69) is 26.1 Å². The molecule has 2 aliphatic carbocycles. The maximum absolute atomic E-state index is 11.9. The van der Waals surface area contributed by atoms with Crippen LogP contribution in [0, 0.1) is 17.8 Å². The molecular formula is C17H31NO3. The molecule has 1 N–H and O–H groups in total. The second-order valence-corrected chi connectivity index (χ2v) is 7.21. The van der Waals surface area contributed by atoms with E-state index in [0.717, 1.165) is 25.2 Å². The fraction of sp³-hybridized carbons (Fsp3) is 0.941. The summed E-state index contributed by atoms with van der Waals surface area (Å²) >= 11 is 0. The molecule has 0 aromatic carbocycles. The summed E-state index contributed by atoms with van der Waals surface area (Å²) in [6.45, 7) is 7.28. The molecule has 4 nitrogen and oxygen atoms in total. The molecule has 0 amide bonds. The van der Waals surface area contributed by atoms with E-state index in [-0.39, 0.29) is 18.1 Å². The predicted molar refractivity (Wildman–Crippen MR) is 83.0 cm³/mol. The van der Waals surface area contributed by atoms with E-state index in [1.54, 1.807) is 0 Å². The van der Waals surface area contributed by atoms with Crippen molar-refractivity contribution < 1.29 is 14.3 Å². The van der Waals surface area contributed by atoms with Crippen molar-refractivity contribution in [1.82, 2.24) is 5.32 Å². The van der Waals surface area contributed by atoms with E-state index < -0.39 is 0 Å². The summed E-state index contributed by atoms with van der Waals surface area (Å²) in [5.74, 6) is 1.76. The summed E-state index contributed by atoms with van der Waals surface area (Å²) < 4.78 is 11.1. The molecule has 0 aromatic heterocycles. The van der Waals surface area contributed by atoms with Crippen LogP contribution in [0.15, 0.2) is 0 Å². The standard InChI is InChI=1S/C17H31NO3/c1-11(2)14-8-5-12(3)9-16(14)21-10-15(17(19)20-4)18-13-6-7-13/h11-16,18H,5-10H2,1-4H3. The van der Waals surface area contributed by atoms with Crippen molar-refractivity contribution in [2.24, 2.45) is 17.8 Å². The number of hydrogen-bond acceptors (Lipinski definition) is 4. The summed E-state index contributed by atoms with van der Waals surface area (Å²) in [6, 6.07) is 0.163. The predicted octanol–water partition coefficient (Wildman–Crippen LogP) is 2.76. The summed E-state index contributed by atoms with van der Waals surface area (Å²) in [5, 5.41) is 3.34. The van der Waals surface area contributed by atoms with Gasteiger partial charge in [0.2, 0.25) is 0 Å². The third-order valence-corrected chi connectivity index (χ3v) is 4.94.